The van der Waals surface area contributed by atoms with E-state index < -0.39 is 6.10 Å². The van der Waals surface area contributed by atoms with Crippen molar-refractivity contribution in [2.75, 3.05) is 0 Å². The minimum absolute atomic E-state index is 0.309. The lowest BCUT2D eigenvalue weighted by Crippen LogP contribution is -2.16. The van der Waals surface area contributed by atoms with Crippen LogP contribution in [0.3, 0.4) is 0 Å². The first-order chi connectivity index (χ1) is 8.24. The van der Waals surface area contributed by atoms with Gasteiger partial charge in [-0.05, 0) is 25.0 Å². The minimum Gasteiger partial charge on any atom is -0.385 e. The monoisotopic (exact) mass is 233 g/mol. The van der Waals surface area contributed by atoms with Crippen molar-refractivity contribution < 1.29 is 9.50 Å². The molecule has 1 aliphatic rings. The molecule has 1 unspecified atom stereocenters. The summed E-state index contributed by atoms with van der Waals surface area (Å²) in [5.41, 5.74) is 0.638. The van der Waals surface area contributed by atoms with E-state index in [1.807, 2.05) is 0 Å². The highest BCUT2D eigenvalue weighted by molar-refractivity contribution is 5.54. The molecule has 17 heavy (non-hydrogen) atoms. The van der Waals surface area contributed by atoms with Crippen LogP contribution in [0.4, 0.5) is 4.39 Å². The molecule has 2 aromatic rings. The highest BCUT2D eigenvalue weighted by Gasteiger charge is 2.22. The second-order valence-corrected chi connectivity index (χ2v) is 4.19. The zero-order valence-electron chi connectivity index (χ0n) is 9.17. The second-order valence-electron chi connectivity index (χ2n) is 4.19. The lowest BCUT2D eigenvalue weighted by Gasteiger charge is -2.16. The van der Waals surface area contributed by atoms with Gasteiger partial charge in [0, 0.05) is 12.1 Å². The molecule has 2 heterocycles. The van der Waals surface area contributed by atoms with Gasteiger partial charge in [0.05, 0.1) is 0 Å². The predicted molar refractivity (Wildman–Crippen MR) is 59.6 cm³/mol. The molecule has 1 aliphatic heterocycles. The summed E-state index contributed by atoms with van der Waals surface area (Å²) in [4.78, 5) is 4.28. The molecule has 5 heteroatoms. The van der Waals surface area contributed by atoms with Gasteiger partial charge in [0.2, 0.25) is 0 Å². The minimum atomic E-state index is -0.557. The first-order valence-electron chi connectivity index (χ1n) is 5.63. The molecule has 88 valence electrons. The topological polar surface area (TPSA) is 50.9 Å². The fraction of sp³-hybridized carbons (Fsp3) is 0.333. The van der Waals surface area contributed by atoms with Gasteiger partial charge in [-0.3, -0.25) is 0 Å². The first kappa shape index (κ1) is 10.4. The Kier molecular flexibility index (Phi) is 2.40. The van der Waals surface area contributed by atoms with Gasteiger partial charge in [-0.25, -0.2) is 14.1 Å². The summed E-state index contributed by atoms with van der Waals surface area (Å²) in [5.74, 6) is 0.742. The van der Waals surface area contributed by atoms with Crippen molar-refractivity contribution in [1.82, 2.24) is 14.8 Å². The lowest BCUT2D eigenvalue weighted by molar-refractivity contribution is 0.130. The smallest absolute Gasteiger partial charge is 0.181 e. The van der Waals surface area contributed by atoms with Gasteiger partial charge in [0.1, 0.15) is 11.9 Å². The van der Waals surface area contributed by atoms with Crippen molar-refractivity contribution >= 4 is 0 Å². The molecule has 1 N–H and O–H groups in total. The highest BCUT2D eigenvalue weighted by atomic mass is 19.1. The Morgan fingerprint density at radius 1 is 1.41 bits per heavy atom. The van der Waals surface area contributed by atoms with Crippen LogP contribution in [0.1, 0.15) is 24.8 Å². The van der Waals surface area contributed by atoms with Crippen LogP contribution in [-0.4, -0.2) is 19.9 Å². The molecule has 3 rings (SSSR count). The van der Waals surface area contributed by atoms with Crippen LogP contribution in [0.2, 0.25) is 0 Å². The number of rotatable bonds is 1. The zero-order chi connectivity index (χ0) is 11.8. The predicted octanol–water partition coefficient (Wildman–Crippen LogP) is 1.91. The number of aliphatic hydroxyl groups is 1. The van der Waals surface area contributed by atoms with Crippen LogP contribution in [0.15, 0.2) is 24.3 Å². The fourth-order valence-electron chi connectivity index (χ4n) is 2.08. The summed E-state index contributed by atoms with van der Waals surface area (Å²) < 4.78 is 14.8. The van der Waals surface area contributed by atoms with E-state index in [-0.39, 0.29) is 5.82 Å². The number of nitrogens with zero attached hydrogens (tertiary/aromatic N) is 3. The van der Waals surface area contributed by atoms with Gasteiger partial charge in [-0.1, -0.05) is 12.1 Å². The second kappa shape index (κ2) is 3.92. The Morgan fingerprint density at radius 2 is 2.29 bits per heavy atom. The maximum atomic E-state index is 13.1. The van der Waals surface area contributed by atoms with E-state index in [9.17, 15) is 9.50 Å². The number of aromatic nitrogens is 3. The SMILES string of the molecule is OC1CCCn2nc(-c3cccc(F)c3)nc21. The Balaban J connectivity index is 2.05. The molecule has 1 aromatic heterocycles. The molecule has 1 atom stereocenters. The van der Waals surface area contributed by atoms with Gasteiger partial charge in [0.25, 0.3) is 0 Å². The van der Waals surface area contributed by atoms with E-state index >= 15 is 0 Å². The number of hydrogen-bond donors (Lipinski definition) is 1. The molecule has 0 radical (unpaired) electrons. The number of fused-ring (bicyclic) bond motifs is 1. The van der Waals surface area contributed by atoms with E-state index in [1.54, 1.807) is 16.8 Å². The van der Waals surface area contributed by atoms with Crippen LogP contribution in [0, 0.1) is 5.82 Å². The van der Waals surface area contributed by atoms with E-state index in [0.717, 1.165) is 13.0 Å². The molecule has 1 aromatic carbocycles. The van der Waals surface area contributed by atoms with E-state index in [0.29, 0.717) is 23.6 Å². The summed E-state index contributed by atoms with van der Waals surface area (Å²) >= 11 is 0. The van der Waals surface area contributed by atoms with Crippen LogP contribution in [0.25, 0.3) is 11.4 Å². The average Bonchev–Trinajstić information content (AvgIpc) is 2.74. The van der Waals surface area contributed by atoms with Gasteiger partial charge >= 0.3 is 0 Å². The van der Waals surface area contributed by atoms with Crippen molar-refractivity contribution in [1.29, 1.82) is 0 Å². The molecule has 0 saturated heterocycles. The summed E-state index contributed by atoms with van der Waals surface area (Å²) in [6, 6.07) is 6.17. The molecule has 0 bridgehead atoms. The van der Waals surface area contributed by atoms with Crippen molar-refractivity contribution in [2.24, 2.45) is 0 Å². The lowest BCUT2D eigenvalue weighted by atomic mass is 10.1. The van der Waals surface area contributed by atoms with Gasteiger partial charge in [-0.15, -0.1) is 0 Å². The number of aliphatic hydroxyl groups excluding tert-OH is 1. The summed E-state index contributed by atoms with van der Waals surface area (Å²) in [6.45, 7) is 0.759. The Bertz CT molecular complexity index is 552. The third-order valence-electron chi connectivity index (χ3n) is 2.93. The highest BCUT2D eigenvalue weighted by Crippen LogP contribution is 2.25. The van der Waals surface area contributed by atoms with Crippen molar-refractivity contribution in [2.45, 2.75) is 25.5 Å². The first-order valence-corrected chi connectivity index (χ1v) is 5.63. The molecule has 0 saturated carbocycles. The van der Waals surface area contributed by atoms with Crippen molar-refractivity contribution in [3.63, 3.8) is 0 Å². The van der Waals surface area contributed by atoms with Gasteiger partial charge < -0.3 is 5.11 Å². The van der Waals surface area contributed by atoms with Crippen LogP contribution in [-0.2, 0) is 6.54 Å². The van der Waals surface area contributed by atoms with Gasteiger partial charge in [0.15, 0.2) is 11.6 Å². The Labute approximate surface area is 97.7 Å². The molecule has 0 spiro atoms. The van der Waals surface area contributed by atoms with E-state index in [1.165, 1.54) is 12.1 Å². The third-order valence-corrected chi connectivity index (χ3v) is 2.93. The number of halogens is 1. The quantitative estimate of drug-likeness (QED) is 0.818. The molecule has 0 amide bonds. The van der Waals surface area contributed by atoms with E-state index in [4.69, 9.17) is 0 Å². The summed E-state index contributed by atoms with van der Waals surface area (Å²) in [5, 5.41) is 14.1. The van der Waals surface area contributed by atoms with Crippen LogP contribution < -0.4 is 0 Å². The summed E-state index contributed by atoms with van der Waals surface area (Å²) in [6.07, 6.45) is 1.04. The largest absolute Gasteiger partial charge is 0.385 e. The molecule has 4 nitrogen and oxygen atoms in total. The number of hydrogen-bond acceptors (Lipinski definition) is 3. The maximum absolute atomic E-state index is 13.1. The van der Waals surface area contributed by atoms with Crippen molar-refractivity contribution in [3.8, 4) is 11.4 Å². The Morgan fingerprint density at radius 3 is 3.06 bits per heavy atom. The summed E-state index contributed by atoms with van der Waals surface area (Å²) in [7, 11) is 0. The third kappa shape index (κ3) is 1.82. The standard InChI is InChI=1S/C12H12FN3O/c13-9-4-1-3-8(7-9)11-14-12-10(17)5-2-6-16(12)15-11/h1,3-4,7,10,17H,2,5-6H2. The number of aryl methyl sites for hydroxylation is 1. The van der Waals surface area contributed by atoms with Crippen LogP contribution in [0.5, 0.6) is 0 Å². The Hall–Kier alpha value is -1.75. The molecular formula is C12H12FN3O. The fourth-order valence-corrected chi connectivity index (χ4v) is 2.08. The normalized spacial score (nSPS) is 19.1. The van der Waals surface area contributed by atoms with Crippen molar-refractivity contribution in [3.05, 3.63) is 35.9 Å². The van der Waals surface area contributed by atoms with Crippen LogP contribution >= 0.6 is 0 Å². The average molecular weight is 233 g/mol. The van der Waals surface area contributed by atoms with Gasteiger partial charge in [-0.2, -0.15) is 5.10 Å². The molecule has 0 aliphatic carbocycles. The molecular weight excluding hydrogens is 221 g/mol. The van der Waals surface area contributed by atoms with E-state index in [2.05, 4.69) is 10.1 Å². The molecule has 0 fully saturated rings. The zero-order valence-corrected chi connectivity index (χ0v) is 9.17. The number of benzene rings is 1. The maximum Gasteiger partial charge on any atom is 0.181 e.